The Labute approximate surface area is 238 Å². The molecule has 0 unspecified atom stereocenters. The van der Waals surface area contributed by atoms with Crippen LogP contribution in [0, 0.1) is 0 Å². The van der Waals surface area contributed by atoms with Crippen LogP contribution < -0.4 is 4.90 Å². The summed E-state index contributed by atoms with van der Waals surface area (Å²) in [6.07, 6.45) is 2.43. The lowest BCUT2D eigenvalue weighted by Crippen LogP contribution is -2.26. The van der Waals surface area contributed by atoms with Crippen LogP contribution in [0.1, 0.15) is 48.6 Å². The molecule has 0 saturated heterocycles. The number of hydrogen-bond acceptors (Lipinski definition) is 7. The van der Waals surface area contributed by atoms with Gasteiger partial charge in [0.15, 0.2) is 11.5 Å². The van der Waals surface area contributed by atoms with Crippen LogP contribution in [-0.4, -0.2) is 49.2 Å². The van der Waals surface area contributed by atoms with Crippen molar-refractivity contribution in [3.8, 4) is 22.5 Å². The van der Waals surface area contributed by atoms with E-state index in [1.54, 1.807) is 0 Å². The van der Waals surface area contributed by atoms with Crippen molar-refractivity contribution in [2.24, 2.45) is 0 Å². The molecule has 5 rings (SSSR count). The number of H-pyrrole nitrogens is 1. The van der Waals surface area contributed by atoms with Crippen molar-refractivity contribution >= 4 is 23.4 Å². The Morgan fingerprint density at radius 1 is 0.976 bits per heavy atom. The van der Waals surface area contributed by atoms with Crippen molar-refractivity contribution in [1.29, 1.82) is 0 Å². The average molecular weight is 550 g/mol. The highest BCUT2D eigenvalue weighted by atomic mass is 16.5. The van der Waals surface area contributed by atoms with Crippen LogP contribution in [-0.2, 0) is 22.5 Å². The average Bonchev–Trinajstić information content (AvgIpc) is 3.65. The zero-order chi connectivity index (χ0) is 28.8. The first-order valence-electron chi connectivity index (χ1n) is 13.5. The van der Waals surface area contributed by atoms with E-state index in [0.29, 0.717) is 30.3 Å². The first-order chi connectivity index (χ1) is 20.0. The summed E-state index contributed by atoms with van der Waals surface area (Å²) in [7, 11) is 1.33. The monoisotopic (exact) mass is 549 g/mol. The van der Waals surface area contributed by atoms with E-state index >= 15 is 0 Å². The fourth-order valence-electron chi connectivity index (χ4n) is 4.87. The molecule has 0 fully saturated rings. The lowest BCUT2D eigenvalue weighted by Gasteiger charge is -2.20. The molecule has 10 heteroatoms. The van der Waals surface area contributed by atoms with Gasteiger partial charge in [0.05, 0.1) is 12.8 Å². The van der Waals surface area contributed by atoms with Crippen molar-refractivity contribution in [3.05, 3.63) is 95.9 Å². The SMILES string of the molecule is CCCCc1nc(N(C(C)=O)c2ccccc2)c(C(=O)OC)n1Cc1ccc(-c2ccccc2)c(-c2nn[nH]n2)c1. The molecule has 0 spiro atoms. The summed E-state index contributed by atoms with van der Waals surface area (Å²) in [4.78, 5) is 32.6. The molecule has 3 aromatic carbocycles. The molecule has 0 atom stereocenters. The number of nitrogens with zero attached hydrogens (tertiary/aromatic N) is 6. The molecule has 0 aliphatic carbocycles. The molecule has 0 aliphatic heterocycles. The van der Waals surface area contributed by atoms with Crippen molar-refractivity contribution in [1.82, 2.24) is 30.2 Å². The molecule has 1 N–H and O–H groups in total. The number of para-hydroxylation sites is 1. The molecule has 2 heterocycles. The second-order valence-corrected chi connectivity index (χ2v) is 9.55. The van der Waals surface area contributed by atoms with Crippen molar-refractivity contribution in [2.75, 3.05) is 12.0 Å². The van der Waals surface area contributed by atoms with E-state index in [1.807, 2.05) is 83.4 Å². The van der Waals surface area contributed by atoms with E-state index in [1.165, 1.54) is 18.9 Å². The van der Waals surface area contributed by atoms with Crippen LogP contribution in [0.5, 0.6) is 0 Å². The fourth-order valence-corrected chi connectivity index (χ4v) is 4.87. The van der Waals surface area contributed by atoms with Gasteiger partial charge in [0.25, 0.3) is 0 Å². The van der Waals surface area contributed by atoms with Crippen LogP contribution in [0.4, 0.5) is 11.5 Å². The minimum atomic E-state index is -0.572. The summed E-state index contributed by atoms with van der Waals surface area (Å²) < 4.78 is 7.08. The molecular formula is C31H31N7O3. The van der Waals surface area contributed by atoms with E-state index in [2.05, 4.69) is 27.5 Å². The molecule has 10 nitrogen and oxygen atoms in total. The number of unbranched alkanes of at least 4 members (excludes halogenated alkanes) is 1. The number of rotatable bonds is 10. The third-order valence-corrected chi connectivity index (χ3v) is 6.80. The maximum atomic E-state index is 13.3. The Kier molecular flexibility index (Phi) is 8.28. The van der Waals surface area contributed by atoms with E-state index in [0.717, 1.165) is 35.1 Å². The number of amides is 1. The first-order valence-corrected chi connectivity index (χ1v) is 13.5. The number of tetrazole rings is 1. The van der Waals surface area contributed by atoms with Gasteiger partial charge in [-0.05, 0) is 46.5 Å². The van der Waals surface area contributed by atoms with E-state index in [-0.39, 0.29) is 17.4 Å². The number of ether oxygens (including phenoxy) is 1. The molecule has 0 radical (unpaired) electrons. The number of carbonyl (C=O) groups is 2. The number of aromatic nitrogens is 6. The number of anilines is 2. The predicted octanol–water partition coefficient (Wildman–Crippen LogP) is 5.59. The number of aryl methyl sites for hydroxylation is 1. The highest BCUT2D eigenvalue weighted by Crippen LogP contribution is 2.34. The Hall–Kier alpha value is -5.12. The quantitative estimate of drug-likeness (QED) is 0.226. The normalized spacial score (nSPS) is 10.9. The standard InChI is InChI=1S/C31H31N7O3/c1-4-5-16-27-32-30(38(21(2)39)24-14-10-7-11-15-24)28(31(40)41-3)37(27)20-22-17-18-25(23-12-8-6-9-13-23)26(19-22)29-33-35-36-34-29/h6-15,17-19H,4-5,16,20H2,1-3H3,(H,33,34,35,36). The molecule has 0 aliphatic rings. The molecule has 0 saturated carbocycles. The third-order valence-electron chi connectivity index (χ3n) is 6.80. The first kappa shape index (κ1) is 27.4. The van der Waals surface area contributed by atoms with Crippen LogP contribution in [0.3, 0.4) is 0 Å². The van der Waals surface area contributed by atoms with Gasteiger partial charge in [-0.15, -0.1) is 10.2 Å². The summed E-state index contributed by atoms with van der Waals surface area (Å²) in [5.41, 5.74) is 4.49. The van der Waals surface area contributed by atoms with Crippen LogP contribution >= 0.6 is 0 Å². The number of benzene rings is 3. The second-order valence-electron chi connectivity index (χ2n) is 9.55. The van der Waals surface area contributed by atoms with Gasteiger partial charge in [-0.2, -0.15) is 5.21 Å². The summed E-state index contributed by atoms with van der Waals surface area (Å²) in [5, 5.41) is 14.8. The molecule has 208 valence electrons. The fraction of sp³-hybridized carbons (Fsp3) is 0.226. The Morgan fingerprint density at radius 2 is 1.71 bits per heavy atom. The summed E-state index contributed by atoms with van der Waals surface area (Å²) in [6, 6.07) is 25.2. The van der Waals surface area contributed by atoms with Crippen molar-refractivity contribution < 1.29 is 14.3 Å². The van der Waals surface area contributed by atoms with Gasteiger partial charge < -0.3 is 9.30 Å². The molecule has 1 amide bonds. The molecular weight excluding hydrogens is 518 g/mol. The number of hydrogen-bond donors (Lipinski definition) is 1. The zero-order valence-corrected chi connectivity index (χ0v) is 23.2. The van der Waals surface area contributed by atoms with Gasteiger partial charge in [-0.1, -0.05) is 74.0 Å². The molecule has 5 aromatic rings. The second kappa shape index (κ2) is 12.4. The van der Waals surface area contributed by atoms with E-state index < -0.39 is 5.97 Å². The predicted molar refractivity (Wildman–Crippen MR) is 156 cm³/mol. The lowest BCUT2D eigenvalue weighted by atomic mass is 9.97. The maximum absolute atomic E-state index is 13.3. The van der Waals surface area contributed by atoms with Gasteiger partial charge >= 0.3 is 5.97 Å². The zero-order valence-electron chi connectivity index (χ0n) is 23.2. The third kappa shape index (κ3) is 5.76. The minimum absolute atomic E-state index is 0.214. The van der Waals surface area contributed by atoms with Gasteiger partial charge in [-0.3, -0.25) is 9.69 Å². The highest BCUT2D eigenvalue weighted by Gasteiger charge is 2.30. The molecule has 41 heavy (non-hydrogen) atoms. The number of methoxy groups -OCH3 is 1. The smallest absolute Gasteiger partial charge is 0.358 e. The lowest BCUT2D eigenvalue weighted by molar-refractivity contribution is -0.115. The molecule has 2 aromatic heterocycles. The summed E-state index contributed by atoms with van der Waals surface area (Å²) in [6.45, 7) is 3.87. The van der Waals surface area contributed by atoms with Crippen molar-refractivity contribution in [3.63, 3.8) is 0 Å². The van der Waals surface area contributed by atoms with Crippen LogP contribution in [0.25, 0.3) is 22.5 Å². The summed E-state index contributed by atoms with van der Waals surface area (Å²) in [5.74, 6) is 0.568. The molecule has 0 bridgehead atoms. The number of imidazole rings is 1. The Morgan fingerprint density at radius 3 is 2.34 bits per heavy atom. The maximum Gasteiger partial charge on any atom is 0.358 e. The van der Waals surface area contributed by atoms with Crippen LogP contribution in [0.15, 0.2) is 78.9 Å². The largest absolute Gasteiger partial charge is 0.464 e. The van der Waals surface area contributed by atoms with Gasteiger partial charge in [0.1, 0.15) is 5.82 Å². The van der Waals surface area contributed by atoms with Gasteiger partial charge in [0.2, 0.25) is 11.7 Å². The Balaban J connectivity index is 1.66. The minimum Gasteiger partial charge on any atom is -0.464 e. The van der Waals surface area contributed by atoms with Gasteiger partial charge in [0, 0.05) is 25.5 Å². The van der Waals surface area contributed by atoms with E-state index in [4.69, 9.17) is 9.72 Å². The Bertz CT molecular complexity index is 1630. The number of carbonyl (C=O) groups excluding carboxylic acids is 2. The summed E-state index contributed by atoms with van der Waals surface area (Å²) >= 11 is 0. The van der Waals surface area contributed by atoms with Crippen molar-refractivity contribution in [2.45, 2.75) is 39.7 Å². The van der Waals surface area contributed by atoms with E-state index in [9.17, 15) is 9.59 Å². The number of esters is 1. The van der Waals surface area contributed by atoms with Crippen LogP contribution in [0.2, 0.25) is 0 Å². The topological polar surface area (TPSA) is 119 Å². The number of aromatic amines is 1. The highest BCUT2D eigenvalue weighted by molar-refractivity contribution is 6.04. The van der Waals surface area contributed by atoms with Gasteiger partial charge in [-0.25, -0.2) is 9.78 Å². The number of nitrogens with one attached hydrogen (secondary N) is 1.